The lowest BCUT2D eigenvalue weighted by Crippen LogP contribution is -2.25. The van der Waals surface area contributed by atoms with Crippen LogP contribution in [-0.4, -0.2) is 28.1 Å². The molecule has 0 atom stereocenters. The van der Waals surface area contributed by atoms with Crippen molar-refractivity contribution in [3.63, 3.8) is 0 Å². The highest BCUT2D eigenvalue weighted by atomic mass is 19.1. The van der Waals surface area contributed by atoms with Crippen LogP contribution in [0.4, 0.5) is 20.2 Å². The van der Waals surface area contributed by atoms with Gasteiger partial charge in [-0.1, -0.05) is 0 Å². The maximum Gasteiger partial charge on any atom is 0.276 e. The molecule has 0 saturated carbocycles. The van der Waals surface area contributed by atoms with Crippen molar-refractivity contribution < 1.29 is 18.4 Å². The second kappa shape index (κ2) is 7.86. The number of anilines is 2. The molecule has 3 aromatic rings. The summed E-state index contributed by atoms with van der Waals surface area (Å²) in [5.41, 5.74) is 0.0522. The largest absolute Gasteiger partial charge is 0.320 e. The zero-order chi connectivity index (χ0) is 21.3. The van der Waals surface area contributed by atoms with E-state index in [2.05, 4.69) is 10.4 Å². The quantitative estimate of drug-likeness (QED) is 0.717. The molecule has 0 unspecified atom stereocenters. The van der Waals surface area contributed by atoms with E-state index in [0.717, 1.165) is 16.8 Å². The number of carbonyl (C=O) groups excluding carboxylic acids is 2. The number of amides is 2. The minimum atomic E-state index is -0.657. The molecule has 2 aromatic carbocycles. The van der Waals surface area contributed by atoms with E-state index in [4.69, 9.17) is 0 Å². The number of benzene rings is 2. The van der Waals surface area contributed by atoms with Crippen LogP contribution in [0.5, 0.6) is 0 Å². The highest BCUT2D eigenvalue weighted by molar-refractivity contribution is 6.03. The molecule has 0 radical (unpaired) electrons. The van der Waals surface area contributed by atoms with Crippen molar-refractivity contribution in [3.8, 4) is 5.69 Å². The summed E-state index contributed by atoms with van der Waals surface area (Å²) in [6, 6.07) is 11.5. The zero-order valence-corrected chi connectivity index (χ0v) is 15.6. The first-order chi connectivity index (χ1) is 14.4. The first-order valence-electron chi connectivity index (χ1n) is 9.20. The molecule has 0 spiro atoms. The fourth-order valence-electron chi connectivity index (χ4n) is 3.20. The van der Waals surface area contributed by atoms with Crippen molar-refractivity contribution in [2.45, 2.75) is 12.8 Å². The summed E-state index contributed by atoms with van der Waals surface area (Å²) in [5, 5.41) is 6.52. The van der Waals surface area contributed by atoms with E-state index >= 15 is 0 Å². The Balaban J connectivity index is 1.56. The highest BCUT2D eigenvalue weighted by Gasteiger charge is 2.24. The third-order valence-corrected chi connectivity index (χ3v) is 4.67. The first-order valence-corrected chi connectivity index (χ1v) is 9.20. The van der Waals surface area contributed by atoms with Crippen molar-refractivity contribution in [1.82, 2.24) is 9.78 Å². The second-order valence-electron chi connectivity index (χ2n) is 6.71. The maximum absolute atomic E-state index is 14.5. The molecule has 0 bridgehead atoms. The Morgan fingerprint density at radius 3 is 2.43 bits per heavy atom. The molecule has 1 fully saturated rings. The maximum atomic E-state index is 14.5. The van der Waals surface area contributed by atoms with Crippen LogP contribution in [0.1, 0.15) is 23.3 Å². The average molecular weight is 410 g/mol. The molecular formula is C21H16F2N4O3. The number of aromatic nitrogens is 2. The van der Waals surface area contributed by atoms with Gasteiger partial charge in [-0.2, -0.15) is 9.78 Å². The van der Waals surface area contributed by atoms with Crippen LogP contribution in [0.15, 0.2) is 59.4 Å². The van der Waals surface area contributed by atoms with E-state index in [0.29, 0.717) is 25.1 Å². The van der Waals surface area contributed by atoms with Crippen LogP contribution in [0.25, 0.3) is 5.69 Å². The van der Waals surface area contributed by atoms with Gasteiger partial charge < -0.3 is 10.2 Å². The van der Waals surface area contributed by atoms with Gasteiger partial charge in [0, 0.05) is 24.7 Å². The van der Waals surface area contributed by atoms with Gasteiger partial charge in [0.2, 0.25) is 5.91 Å². The standard InChI is InChI=1S/C21H16F2N4O3/c22-13-3-6-15(7-4-13)27-20(29)10-8-17(25-27)21(30)24-14-5-9-18(16(23)12-14)26-11-1-2-19(26)28/h3-10,12H,1-2,11H2,(H,24,30). The molecule has 1 aliphatic rings. The molecule has 4 rings (SSSR count). The molecule has 152 valence electrons. The summed E-state index contributed by atoms with van der Waals surface area (Å²) in [7, 11) is 0. The van der Waals surface area contributed by atoms with Gasteiger partial charge in [0.05, 0.1) is 11.4 Å². The molecule has 1 aromatic heterocycles. The van der Waals surface area contributed by atoms with Crippen molar-refractivity contribution >= 4 is 23.2 Å². The molecule has 1 N–H and O–H groups in total. The van der Waals surface area contributed by atoms with Crippen molar-refractivity contribution in [1.29, 1.82) is 0 Å². The molecule has 30 heavy (non-hydrogen) atoms. The molecule has 2 amide bonds. The molecule has 0 aliphatic carbocycles. The van der Waals surface area contributed by atoms with Gasteiger partial charge in [-0.05, 0) is 55.0 Å². The van der Waals surface area contributed by atoms with Gasteiger partial charge in [0.1, 0.15) is 17.3 Å². The Kier molecular flexibility index (Phi) is 5.09. The number of hydrogen-bond acceptors (Lipinski definition) is 4. The molecular weight excluding hydrogens is 394 g/mol. The van der Waals surface area contributed by atoms with Gasteiger partial charge in [-0.25, -0.2) is 8.78 Å². The lowest BCUT2D eigenvalue weighted by atomic mass is 10.2. The third-order valence-electron chi connectivity index (χ3n) is 4.67. The van der Waals surface area contributed by atoms with Crippen molar-refractivity contribution in [2.75, 3.05) is 16.8 Å². The van der Waals surface area contributed by atoms with E-state index in [-0.39, 0.29) is 23.0 Å². The Hall–Kier alpha value is -3.88. The van der Waals surface area contributed by atoms with Crippen molar-refractivity contribution in [3.05, 3.63) is 82.3 Å². The predicted molar refractivity (Wildman–Crippen MR) is 106 cm³/mol. The topological polar surface area (TPSA) is 84.3 Å². The highest BCUT2D eigenvalue weighted by Crippen LogP contribution is 2.27. The summed E-state index contributed by atoms with van der Waals surface area (Å²) in [6.07, 6.45) is 1.06. The molecule has 1 saturated heterocycles. The van der Waals surface area contributed by atoms with E-state index in [1.54, 1.807) is 0 Å². The van der Waals surface area contributed by atoms with E-state index in [9.17, 15) is 23.2 Å². The third kappa shape index (κ3) is 3.82. The Morgan fingerprint density at radius 2 is 1.77 bits per heavy atom. The number of nitrogens with zero attached hydrogens (tertiary/aromatic N) is 3. The second-order valence-corrected chi connectivity index (χ2v) is 6.71. The smallest absolute Gasteiger partial charge is 0.276 e. The number of rotatable bonds is 4. The van der Waals surface area contributed by atoms with E-state index in [1.807, 2.05) is 0 Å². The van der Waals surface area contributed by atoms with Crippen LogP contribution in [-0.2, 0) is 4.79 Å². The van der Waals surface area contributed by atoms with Crippen LogP contribution in [0.2, 0.25) is 0 Å². The van der Waals surface area contributed by atoms with Gasteiger partial charge in [0.15, 0.2) is 0 Å². The number of nitrogens with one attached hydrogen (secondary N) is 1. The summed E-state index contributed by atoms with van der Waals surface area (Å²) in [5.74, 6) is -1.90. The lowest BCUT2D eigenvalue weighted by molar-refractivity contribution is -0.117. The summed E-state index contributed by atoms with van der Waals surface area (Å²) < 4.78 is 28.5. The van der Waals surface area contributed by atoms with Crippen LogP contribution < -0.4 is 15.8 Å². The fourth-order valence-corrected chi connectivity index (χ4v) is 3.20. The Bertz CT molecular complexity index is 1190. The number of halogens is 2. The Labute approximate surface area is 169 Å². The Morgan fingerprint density at radius 1 is 1.00 bits per heavy atom. The van der Waals surface area contributed by atoms with Crippen LogP contribution in [0, 0.1) is 11.6 Å². The first kappa shape index (κ1) is 19.4. The summed E-state index contributed by atoms with van der Waals surface area (Å²) in [6.45, 7) is 0.455. The SMILES string of the molecule is O=C(Nc1ccc(N2CCCC2=O)c(F)c1)c1ccc(=O)n(-c2ccc(F)cc2)n1. The number of carbonyl (C=O) groups is 2. The monoisotopic (exact) mass is 410 g/mol. The summed E-state index contributed by atoms with van der Waals surface area (Å²) >= 11 is 0. The van der Waals surface area contributed by atoms with Crippen molar-refractivity contribution in [2.24, 2.45) is 0 Å². The zero-order valence-electron chi connectivity index (χ0n) is 15.6. The molecule has 1 aliphatic heterocycles. The fraction of sp³-hybridized carbons (Fsp3) is 0.143. The molecule has 2 heterocycles. The van der Waals surface area contributed by atoms with Gasteiger partial charge in [0.25, 0.3) is 11.5 Å². The lowest BCUT2D eigenvalue weighted by Gasteiger charge is -2.17. The van der Waals surface area contributed by atoms with E-state index < -0.39 is 23.1 Å². The van der Waals surface area contributed by atoms with E-state index in [1.165, 1.54) is 47.4 Å². The minimum Gasteiger partial charge on any atom is -0.320 e. The van der Waals surface area contributed by atoms with Crippen LogP contribution in [0.3, 0.4) is 0 Å². The van der Waals surface area contributed by atoms with Gasteiger partial charge in [-0.3, -0.25) is 14.4 Å². The predicted octanol–water partition coefficient (Wildman–Crippen LogP) is 2.89. The van der Waals surface area contributed by atoms with Crippen LogP contribution >= 0.6 is 0 Å². The summed E-state index contributed by atoms with van der Waals surface area (Å²) in [4.78, 5) is 37.8. The normalized spacial score (nSPS) is 13.5. The molecule has 7 nitrogen and oxygen atoms in total. The average Bonchev–Trinajstić information content (AvgIpc) is 3.15. The van der Waals surface area contributed by atoms with Gasteiger partial charge >= 0.3 is 0 Å². The van der Waals surface area contributed by atoms with Gasteiger partial charge in [-0.15, -0.1) is 0 Å². The molecule has 9 heteroatoms. The minimum absolute atomic E-state index is 0.0851. The number of hydrogen-bond donors (Lipinski definition) is 1.